The van der Waals surface area contributed by atoms with E-state index in [0.717, 1.165) is 30.1 Å². The number of aliphatic hydroxyl groups excluding tert-OH is 1. The topological polar surface area (TPSA) is 58.7 Å². The fourth-order valence-electron chi connectivity index (χ4n) is 2.37. The van der Waals surface area contributed by atoms with Crippen LogP contribution in [0.3, 0.4) is 0 Å². The third-order valence-electron chi connectivity index (χ3n) is 3.27. The molecule has 1 heterocycles. The van der Waals surface area contributed by atoms with E-state index in [2.05, 4.69) is 25.7 Å². The molecule has 0 spiro atoms. The maximum Gasteiger partial charge on any atom is 0.143 e. The Hall–Kier alpha value is -1.26. The minimum Gasteiger partial charge on any atom is -0.484 e. The molecular weight excluding hydrogens is 228 g/mol. The van der Waals surface area contributed by atoms with Crippen LogP contribution < -0.4 is 15.4 Å². The van der Waals surface area contributed by atoms with E-state index in [-0.39, 0.29) is 12.1 Å². The highest BCUT2D eigenvalue weighted by Gasteiger charge is 2.31. The third-order valence-corrected chi connectivity index (χ3v) is 3.27. The van der Waals surface area contributed by atoms with Crippen molar-refractivity contribution in [3.8, 4) is 5.75 Å². The Labute approximate surface area is 108 Å². The van der Waals surface area contributed by atoms with Crippen LogP contribution >= 0.6 is 0 Å². The molecule has 0 saturated heterocycles. The van der Waals surface area contributed by atoms with Crippen LogP contribution in [-0.2, 0) is 0 Å². The summed E-state index contributed by atoms with van der Waals surface area (Å²) in [6.07, 6.45) is -0.607. The van der Waals surface area contributed by atoms with Crippen molar-refractivity contribution in [1.29, 1.82) is 0 Å². The molecule has 1 aliphatic heterocycles. The summed E-state index contributed by atoms with van der Waals surface area (Å²) in [5.41, 5.74) is 7.20. The Kier molecular flexibility index (Phi) is 3.50. The molecular formula is C14H22N2O2. The summed E-state index contributed by atoms with van der Waals surface area (Å²) in [6, 6.07) is 5.78. The van der Waals surface area contributed by atoms with Gasteiger partial charge in [-0.05, 0) is 38.5 Å². The van der Waals surface area contributed by atoms with Crippen LogP contribution in [-0.4, -0.2) is 30.3 Å². The number of hydrogen-bond acceptors (Lipinski definition) is 4. The second kappa shape index (κ2) is 4.78. The SMILES string of the molecule is CCN1CC(C)(C)Oc2ccc(C(O)CN)cc21. The first kappa shape index (κ1) is 13.2. The van der Waals surface area contributed by atoms with Crippen LogP contribution in [0.4, 0.5) is 5.69 Å². The smallest absolute Gasteiger partial charge is 0.143 e. The van der Waals surface area contributed by atoms with Crippen molar-refractivity contribution in [2.45, 2.75) is 32.5 Å². The number of nitrogens with zero attached hydrogens (tertiary/aromatic N) is 1. The zero-order valence-electron chi connectivity index (χ0n) is 11.3. The van der Waals surface area contributed by atoms with Crippen LogP contribution in [0.25, 0.3) is 0 Å². The summed E-state index contributed by atoms with van der Waals surface area (Å²) in [5, 5.41) is 9.81. The number of aliphatic hydroxyl groups is 1. The van der Waals surface area contributed by atoms with E-state index < -0.39 is 6.10 Å². The normalized spacial score (nSPS) is 19.1. The van der Waals surface area contributed by atoms with E-state index in [1.54, 1.807) is 0 Å². The largest absolute Gasteiger partial charge is 0.484 e. The lowest BCUT2D eigenvalue weighted by Gasteiger charge is -2.40. The van der Waals surface area contributed by atoms with Gasteiger partial charge in [-0.25, -0.2) is 0 Å². The predicted molar refractivity (Wildman–Crippen MR) is 73.1 cm³/mol. The highest BCUT2D eigenvalue weighted by Crippen LogP contribution is 2.38. The van der Waals surface area contributed by atoms with Crippen molar-refractivity contribution >= 4 is 5.69 Å². The standard InChI is InChI=1S/C14H22N2O2/c1-4-16-9-14(2,3)18-13-6-5-10(7-11(13)16)12(17)8-15/h5-7,12,17H,4,8-9,15H2,1-3H3. The number of fused-ring (bicyclic) bond motifs is 1. The number of nitrogens with two attached hydrogens (primary N) is 1. The van der Waals surface area contributed by atoms with E-state index in [4.69, 9.17) is 10.5 Å². The van der Waals surface area contributed by atoms with Gasteiger partial charge in [0.1, 0.15) is 11.4 Å². The lowest BCUT2D eigenvalue weighted by atomic mass is 10.0. The van der Waals surface area contributed by atoms with Crippen LogP contribution in [0.1, 0.15) is 32.4 Å². The van der Waals surface area contributed by atoms with Crippen molar-refractivity contribution in [2.24, 2.45) is 5.73 Å². The maximum atomic E-state index is 9.81. The first-order valence-electron chi connectivity index (χ1n) is 6.43. The van der Waals surface area contributed by atoms with Crippen LogP contribution in [0, 0.1) is 0 Å². The molecule has 0 saturated carbocycles. The van der Waals surface area contributed by atoms with E-state index in [9.17, 15) is 5.11 Å². The molecule has 0 amide bonds. The van der Waals surface area contributed by atoms with Crippen molar-refractivity contribution < 1.29 is 9.84 Å². The van der Waals surface area contributed by atoms with Crippen molar-refractivity contribution in [1.82, 2.24) is 0 Å². The summed E-state index contributed by atoms with van der Waals surface area (Å²) in [5.74, 6) is 0.876. The second-order valence-corrected chi connectivity index (χ2v) is 5.35. The van der Waals surface area contributed by atoms with E-state index in [1.807, 2.05) is 18.2 Å². The summed E-state index contributed by atoms with van der Waals surface area (Å²) in [4.78, 5) is 2.27. The Morgan fingerprint density at radius 1 is 1.50 bits per heavy atom. The molecule has 4 nitrogen and oxygen atoms in total. The number of anilines is 1. The van der Waals surface area contributed by atoms with Gasteiger partial charge in [0.25, 0.3) is 0 Å². The van der Waals surface area contributed by atoms with Crippen molar-refractivity contribution in [2.75, 3.05) is 24.5 Å². The van der Waals surface area contributed by atoms with Crippen molar-refractivity contribution in [3.63, 3.8) is 0 Å². The van der Waals surface area contributed by atoms with E-state index in [1.165, 1.54) is 0 Å². The first-order valence-corrected chi connectivity index (χ1v) is 6.43. The third kappa shape index (κ3) is 2.44. The molecule has 100 valence electrons. The monoisotopic (exact) mass is 250 g/mol. The number of ether oxygens (including phenoxy) is 1. The summed E-state index contributed by atoms with van der Waals surface area (Å²) < 4.78 is 5.97. The Morgan fingerprint density at radius 2 is 2.22 bits per heavy atom. The van der Waals surface area contributed by atoms with Crippen LogP contribution in [0.5, 0.6) is 5.75 Å². The van der Waals surface area contributed by atoms with Crippen LogP contribution in [0.15, 0.2) is 18.2 Å². The first-order chi connectivity index (χ1) is 8.46. The van der Waals surface area contributed by atoms with Gasteiger partial charge in [0.2, 0.25) is 0 Å². The average molecular weight is 250 g/mol. The number of benzene rings is 1. The minimum absolute atomic E-state index is 0.184. The Bertz CT molecular complexity index is 432. The lowest BCUT2D eigenvalue weighted by Crippen LogP contribution is -2.46. The van der Waals surface area contributed by atoms with Gasteiger partial charge in [0, 0.05) is 13.1 Å². The summed E-state index contributed by atoms with van der Waals surface area (Å²) >= 11 is 0. The second-order valence-electron chi connectivity index (χ2n) is 5.35. The highest BCUT2D eigenvalue weighted by molar-refractivity contribution is 5.62. The zero-order valence-corrected chi connectivity index (χ0v) is 11.3. The maximum absolute atomic E-state index is 9.81. The number of rotatable bonds is 3. The van der Waals surface area contributed by atoms with Gasteiger partial charge in [0.05, 0.1) is 18.3 Å². The molecule has 1 atom stereocenters. The molecule has 0 bridgehead atoms. The molecule has 18 heavy (non-hydrogen) atoms. The summed E-state index contributed by atoms with van der Waals surface area (Å²) in [6.45, 7) is 8.29. The Balaban J connectivity index is 2.39. The van der Waals surface area contributed by atoms with Gasteiger partial charge >= 0.3 is 0 Å². The van der Waals surface area contributed by atoms with Gasteiger partial charge in [-0.2, -0.15) is 0 Å². The van der Waals surface area contributed by atoms with E-state index >= 15 is 0 Å². The molecule has 3 N–H and O–H groups in total. The molecule has 1 aromatic rings. The van der Waals surface area contributed by atoms with Gasteiger partial charge in [-0.15, -0.1) is 0 Å². The molecule has 1 aromatic carbocycles. The van der Waals surface area contributed by atoms with E-state index in [0.29, 0.717) is 0 Å². The fraction of sp³-hybridized carbons (Fsp3) is 0.571. The molecule has 4 heteroatoms. The quantitative estimate of drug-likeness (QED) is 0.857. The minimum atomic E-state index is -0.607. The number of hydrogen-bond donors (Lipinski definition) is 2. The molecule has 1 aliphatic rings. The summed E-state index contributed by atoms with van der Waals surface area (Å²) in [7, 11) is 0. The highest BCUT2D eigenvalue weighted by atomic mass is 16.5. The van der Waals surface area contributed by atoms with Gasteiger partial charge in [0.15, 0.2) is 0 Å². The average Bonchev–Trinajstić information content (AvgIpc) is 2.35. The molecule has 0 fully saturated rings. The molecule has 0 radical (unpaired) electrons. The van der Waals surface area contributed by atoms with Gasteiger partial charge in [-0.1, -0.05) is 6.07 Å². The molecule has 0 aromatic heterocycles. The Morgan fingerprint density at radius 3 is 2.83 bits per heavy atom. The lowest BCUT2D eigenvalue weighted by molar-refractivity contribution is 0.105. The fourth-order valence-corrected chi connectivity index (χ4v) is 2.37. The molecule has 2 rings (SSSR count). The molecule has 0 aliphatic carbocycles. The van der Waals surface area contributed by atoms with Crippen molar-refractivity contribution in [3.05, 3.63) is 23.8 Å². The van der Waals surface area contributed by atoms with Gasteiger partial charge in [-0.3, -0.25) is 0 Å². The number of likely N-dealkylation sites (N-methyl/N-ethyl adjacent to an activating group) is 1. The van der Waals surface area contributed by atoms with Gasteiger partial charge < -0.3 is 20.5 Å². The molecule has 1 unspecified atom stereocenters. The zero-order chi connectivity index (χ0) is 13.3. The predicted octanol–water partition coefficient (Wildman–Crippen LogP) is 1.68. The van der Waals surface area contributed by atoms with Crippen LogP contribution in [0.2, 0.25) is 0 Å².